The Hall–Kier alpha value is -5.49. The average molecular weight is 623 g/mol. The fraction of sp³-hybridized carbons (Fsp3) is 0.214. The standard InChI is InChI=1S/C42H34N6/c1-2-10-28(11-3-1)40-43-41(47-36-15-7-4-12-32(36)33-13-5-8-16-37(33)47)45-42(44-40)48-38-17-9-6-14-34(38)35-25-29(18-19-39(35)48)46-30-21-26-20-27(23-30)24-31(46)22-26/h1-19,25-27,30-31H,20-24H2. The van der Waals surface area contributed by atoms with Crippen LogP contribution >= 0.6 is 0 Å². The van der Waals surface area contributed by atoms with Crippen molar-refractivity contribution in [1.29, 1.82) is 0 Å². The summed E-state index contributed by atoms with van der Waals surface area (Å²) in [6, 6.07) is 44.5. The van der Waals surface area contributed by atoms with E-state index in [1.54, 1.807) is 0 Å². The van der Waals surface area contributed by atoms with E-state index in [2.05, 4.69) is 117 Å². The quantitative estimate of drug-likeness (QED) is 0.196. The number of rotatable bonds is 4. The van der Waals surface area contributed by atoms with Crippen molar-refractivity contribution in [2.75, 3.05) is 4.90 Å². The van der Waals surface area contributed by atoms with Gasteiger partial charge < -0.3 is 4.90 Å². The predicted octanol–water partition coefficient (Wildman–Crippen LogP) is 9.50. The maximum Gasteiger partial charge on any atom is 0.240 e. The summed E-state index contributed by atoms with van der Waals surface area (Å²) in [6.07, 6.45) is 6.87. The SMILES string of the molecule is c1ccc(-c2nc(-n3c4ccccc4c4ccccc43)nc(-n3c4ccccc4c4cc(N5C6CC7CC(C6)CC5C7)ccc43)n2)cc1. The van der Waals surface area contributed by atoms with Crippen LogP contribution in [-0.4, -0.2) is 36.2 Å². The molecule has 0 N–H and O–H groups in total. The molecule has 6 nitrogen and oxygen atoms in total. The first kappa shape index (κ1) is 26.6. The van der Waals surface area contributed by atoms with Gasteiger partial charge in [-0.2, -0.15) is 15.0 Å². The van der Waals surface area contributed by atoms with Crippen LogP contribution < -0.4 is 4.90 Å². The number of fused-ring (bicyclic) bond motifs is 6. The lowest BCUT2D eigenvalue weighted by Crippen LogP contribution is -2.58. The Balaban J connectivity index is 1.16. The summed E-state index contributed by atoms with van der Waals surface area (Å²) in [5.41, 5.74) is 6.69. The van der Waals surface area contributed by atoms with Gasteiger partial charge in [0.15, 0.2) is 5.82 Å². The lowest BCUT2D eigenvalue weighted by molar-refractivity contribution is 0.0900. The molecule has 48 heavy (non-hydrogen) atoms. The second kappa shape index (κ2) is 10.0. The molecule has 5 heterocycles. The Kier molecular flexibility index (Phi) is 5.54. The minimum absolute atomic E-state index is 0.610. The van der Waals surface area contributed by atoms with Gasteiger partial charge in [0.1, 0.15) is 0 Å². The van der Waals surface area contributed by atoms with Gasteiger partial charge in [-0.25, -0.2) is 0 Å². The molecule has 5 aromatic carbocycles. The normalized spacial score (nSPS) is 21.7. The van der Waals surface area contributed by atoms with Crippen LogP contribution in [0.25, 0.3) is 66.9 Å². The molecule has 8 aromatic rings. The van der Waals surface area contributed by atoms with Gasteiger partial charge in [-0.05, 0) is 80.3 Å². The smallest absolute Gasteiger partial charge is 0.240 e. The molecule has 6 heteroatoms. The molecule has 4 bridgehead atoms. The number of anilines is 1. The van der Waals surface area contributed by atoms with Crippen LogP contribution in [0.4, 0.5) is 5.69 Å². The highest BCUT2D eigenvalue weighted by Crippen LogP contribution is 2.51. The molecule has 2 aliphatic heterocycles. The van der Waals surface area contributed by atoms with E-state index in [9.17, 15) is 0 Å². The summed E-state index contributed by atoms with van der Waals surface area (Å²) >= 11 is 0. The summed E-state index contributed by atoms with van der Waals surface area (Å²) in [4.78, 5) is 18.5. The Labute approximate surface area is 278 Å². The number of para-hydroxylation sites is 3. The molecule has 0 spiro atoms. The maximum absolute atomic E-state index is 5.31. The zero-order valence-corrected chi connectivity index (χ0v) is 26.6. The van der Waals surface area contributed by atoms with E-state index in [1.165, 1.54) is 59.3 Å². The fourth-order valence-corrected chi connectivity index (χ4v) is 9.70. The third-order valence-electron chi connectivity index (χ3n) is 11.5. The molecular weight excluding hydrogens is 589 g/mol. The van der Waals surface area contributed by atoms with Crippen molar-refractivity contribution in [3.8, 4) is 23.3 Å². The largest absolute Gasteiger partial charge is 0.366 e. The van der Waals surface area contributed by atoms with Crippen molar-refractivity contribution in [2.24, 2.45) is 11.8 Å². The molecule has 4 fully saturated rings. The number of hydrogen-bond acceptors (Lipinski definition) is 4. The second-order valence-electron chi connectivity index (χ2n) is 14.2. The van der Waals surface area contributed by atoms with E-state index in [4.69, 9.17) is 15.0 Å². The van der Waals surface area contributed by atoms with E-state index in [0.29, 0.717) is 29.8 Å². The molecule has 0 amide bonds. The lowest BCUT2D eigenvalue weighted by atomic mass is 9.63. The van der Waals surface area contributed by atoms with Gasteiger partial charge in [0.05, 0.1) is 22.1 Å². The van der Waals surface area contributed by atoms with Crippen LogP contribution in [0.3, 0.4) is 0 Å². The number of hydrogen-bond donors (Lipinski definition) is 0. The van der Waals surface area contributed by atoms with Crippen LogP contribution in [-0.2, 0) is 0 Å². The third-order valence-corrected chi connectivity index (χ3v) is 11.5. The van der Waals surface area contributed by atoms with Crippen LogP contribution in [0.2, 0.25) is 0 Å². The summed E-state index contributed by atoms with van der Waals surface area (Å²) in [5, 5.41) is 4.83. The van der Waals surface area contributed by atoms with E-state index < -0.39 is 0 Å². The fourth-order valence-electron chi connectivity index (χ4n) is 9.70. The minimum Gasteiger partial charge on any atom is -0.366 e. The number of piperidine rings is 2. The molecule has 12 rings (SSSR count). The van der Waals surface area contributed by atoms with Crippen molar-refractivity contribution in [3.63, 3.8) is 0 Å². The van der Waals surface area contributed by atoms with Gasteiger partial charge in [-0.1, -0.05) is 84.9 Å². The number of nitrogens with zero attached hydrogens (tertiary/aromatic N) is 6. The molecule has 0 atom stereocenters. The summed E-state index contributed by atoms with van der Waals surface area (Å²) in [5.74, 6) is 3.74. The highest BCUT2D eigenvalue weighted by atomic mass is 15.3. The molecule has 0 radical (unpaired) electrons. The summed E-state index contributed by atoms with van der Waals surface area (Å²) < 4.78 is 4.43. The minimum atomic E-state index is 0.610. The van der Waals surface area contributed by atoms with Crippen molar-refractivity contribution in [3.05, 3.63) is 121 Å². The second-order valence-corrected chi connectivity index (χ2v) is 14.2. The van der Waals surface area contributed by atoms with Gasteiger partial charge >= 0.3 is 0 Å². The van der Waals surface area contributed by atoms with Gasteiger partial charge in [0.25, 0.3) is 0 Å². The zero-order valence-electron chi connectivity index (χ0n) is 26.6. The van der Waals surface area contributed by atoms with Gasteiger partial charge in [0.2, 0.25) is 11.9 Å². The monoisotopic (exact) mass is 622 g/mol. The molecule has 232 valence electrons. The Morgan fingerprint density at radius 3 is 1.48 bits per heavy atom. The molecule has 2 saturated heterocycles. The van der Waals surface area contributed by atoms with Crippen molar-refractivity contribution in [1.82, 2.24) is 24.1 Å². The van der Waals surface area contributed by atoms with Crippen molar-refractivity contribution >= 4 is 49.3 Å². The molecule has 0 unspecified atom stereocenters. The van der Waals surface area contributed by atoms with Crippen molar-refractivity contribution < 1.29 is 0 Å². The van der Waals surface area contributed by atoms with Crippen LogP contribution in [0.1, 0.15) is 32.1 Å². The molecule has 2 saturated carbocycles. The Bertz CT molecular complexity index is 2460. The maximum atomic E-state index is 5.31. The average Bonchev–Trinajstić information content (AvgIpc) is 3.64. The molecule has 2 aliphatic carbocycles. The van der Waals surface area contributed by atoms with Crippen LogP contribution in [0.15, 0.2) is 121 Å². The van der Waals surface area contributed by atoms with E-state index >= 15 is 0 Å². The predicted molar refractivity (Wildman–Crippen MR) is 194 cm³/mol. The molecule has 3 aromatic heterocycles. The topological polar surface area (TPSA) is 51.8 Å². The lowest BCUT2D eigenvalue weighted by Gasteiger charge is -2.57. The van der Waals surface area contributed by atoms with E-state index in [-0.39, 0.29) is 0 Å². The highest BCUT2D eigenvalue weighted by Gasteiger charge is 2.47. The van der Waals surface area contributed by atoms with E-state index in [1.807, 2.05) is 18.2 Å². The number of aromatic nitrogens is 5. The first-order valence-corrected chi connectivity index (χ1v) is 17.4. The van der Waals surface area contributed by atoms with E-state index in [0.717, 1.165) is 39.5 Å². The number of benzene rings is 5. The van der Waals surface area contributed by atoms with Crippen molar-refractivity contribution in [2.45, 2.75) is 44.2 Å². The third kappa shape index (κ3) is 3.83. The Morgan fingerprint density at radius 1 is 0.438 bits per heavy atom. The van der Waals surface area contributed by atoms with Crippen LogP contribution in [0.5, 0.6) is 0 Å². The first-order chi connectivity index (χ1) is 23.8. The zero-order chi connectivity index (χ0) is 31.3. The highest BCUT2D eigenvalue weighted by molar-refractivity contribution is 6.10. The Morgan fingerprint density at radius 2 is 0.917 bits per heavy atom. The summed E-state index contributed by atoms with van der Waals surface area (Å²) in [7, 11) is 0. The molecule has 4 aliphatic rings. The van der Waals surface area contributed by atoms with Crippen LogP contribution in [0, 0.1) is 11.8 Å². The van der Waals surface area contributed by atoms with Gasteiger partial charge in [-0.3, -0.25) is 9.13 Å². The van der Waals surface area contributed by atoms with Gasteiger partial charge in [0, 0.05) is 44.9 Å². The summed E-state index contributed by atoms with van der Waals surface area (Å²) in [6.45, 7) is 0. The first-order valence-electron chi connectivity index (χ1n) is 17.4. The van der Waals surface area contributed by atoms with Gasteiger partial charge in [-0.15, -0.1) is 0 Å². The molecular formula is C42H34N6.